The number of carbonyl (C=O) groups is 1. The Hall–Kier alpha value is -0.610. The average Bonchev–Trinajstić information content (AvgIpc) is 3.01. The second kappa shape index (κ2) is 5.83. The molecule has 2 fully saturated rings. The molecule has 0 spiro atoms. The van der Waals surface area contributed by atoms with E-state index >= 15 is 0 Å². The Balaban J connectivity index is 1.74. The predicted molar refractivity (Wildman–Crippen MR) is 67.1 cm³/mol. The van der Waals surface area contributed by atoms with Crippen LogP contribution in [0.4, 0.5) is 0 Å². The van der Waals surface area contributed by atoms with Gasteiger partial charge in [0.2, 0.25) is 0 Å². The summed E-state index contributed by atoms with van der Waals surface area (Å²) in [5.41, 5.74) is 0. The standard InChI is InChI=1S/C13H24N2O2/c1-11(13(16)17)10-15(12-4-5-12)9-8-14-6-2-3-7-14/h11-12H,2-10H2,1H3,(H,16,17). The summed E-state index contributed by atoms with van der Waals surface area (Å²) in [5.74, 6) is -0.911. The third kappa shape index (κ3) is 3.96. The van der Waals surface area contributed by atoms with Crippen LogP contribution in [0.2, 0.25) is 0 Å². The van der Waals surface area contributed by atoms with Gasteiger partial charge >= 0.3 is 5.97 Å². The molecule has 0 radical (unpaired) electrons. The molecule has 1 saturated carbocycles. The third-order valence-electron chi connectivity index (χ3n) is 3.90. The molecule has 2 rings (SSSR count). The number of hydrogen-bond donors (Lipinski definition) is 1. The Morgan fingerprint density at radius 1 is 1.41 bits per heavy atom. The molecule has 4 nitrogen and oxygen atoms in total. The van der Waals surface area contributed by atoms with E-state index in [0.29, 0.717) is 12.6 Å². The molecular formula is C13H24N2O2. The topological polar surface area (TPSA) is 43.8 Å². The smallest absolute Gasteiger partial charge is 0.307 e. The van der Waals surface area contributed by atoms with Crippen LogP contribution in [-0.2, 0) is 4.79 Å². The van der Waals surface area contributed by atoms with Crippen molar-refractivity contribution in [2.24, 2.45) is 5.92 Å². The molecule has 1 aliphatic carbocycles. The lowest BCUT2D eigenvalue weighted by atomic mass is 10.1. The summed E-state index contributed by atoms with van der Waals surface area (Å²) in [6.45, 7) is 7.15. The van der Waals surface area contributed by atoms with Crippen molar-refractivity contribution in [2.75, 3.05) is 32.7 Å². The summed E-state index contributed by atoms with van der Waals surface area (Å²) in [7, 11) is 0. The second-order valence-electron chi connectivity index (χ2n) is 5.51. The van der Waals surface area contributed by atoms with Crippen LogP contribution in [0.5, 0.6) is 0 Å². The van der Waals surface area contributed by atoms with Crippen LogP contribution in [0.1, 0.15) is 32.6 Å². The van der Waals surface area contributed by atoms with Crippen LogP contribution >= 0.6 is 0 Å². The molecule has 4 heteroatoms. The minimum Gasteiger partial charge on any atom is -0.481 e. The molecule has 0 aromatic carbocycles. The van der Waals surface area contributed by atoms with Gasteiger partial charge in [0.15, 0.2) is 0 Å². The number of hydrogen-bond acceptors (Lipinski definition) is 3. The first kappa shape index (κ1) is 12.8. The number of likely N-dealkylation sites (tertiary alicyclic amines) is 1. The largest absolute Gasteiger partial charge is 0.481 e. The Morgan fingerprint density at radius 2 is 2.06 bits per heavy atom. The lowest BCUT2D eigenvalue weighted by molar-refractivity contribution is -0.141. The third-order valence-corrected chi connectivity index (χ3v) is 3.90. The van der Waals surface area contributed by atoms with Crippen molar-refractivity contribution in [2.45, 2.75) is 38.6 Å². The van der Waals surface area contributed by atoms with E-state index in [1.807, 2.05) is 6.92 Å². The maximum absolute atomic E-state index is 10.9. The average molecular weight is 240 g/mol. The fraction of sp³-hybridized carbons (Fsp3) is 0.923. The molecular weight excluding hydrogens is 216 g/mol. The van der Waals surface area contributed by atoms with Crippen LogP contribution < -0.4 is 0 Å². The molecule has 1 heterocycles. The number of rotatable bonds is 7. The van der Waals surface area contributed by atoms with Crippen molar-refractivity contribution in [3.8, 4) is 0 Å². The maximum Gasteiger partial charge on any atom is 0.307 e. The van der Waals surface area contributed by atoms with Gasteiger partial charge in [-0.05, 0) is 38.8 Å². The van der Waals surface area contributed by atoms with Crippen LogP contribution in [0.25, 0.3) is 0 Å². The monoisotopic (exact) mass is 240 g/mol. The zero-order valence-electron chi connectivity index (χ0n) is 10.8. The Bertz CT molecular complexity index is 260. The highest BCUT2D eigenvalue weighted by atomic mass is 16.4. The van der Waals surface area contributed by atoms with Gasteiger partial charge in [-0.1, -0.05) is 6.92 Å². The van der Waals surface area contributed by atoms with E-state index < -0.39 is 5.97 Å². The first-order valence-corrected chi connectivity index (χ1v) is 6.86. The molecule has 1 saturated heterocycles. The second-order valence-corrected chi connectivity index (χ2v) is 5.51. The van der Waals surface area contributed by atoms with Crippen LogP contribution in [0.15, 0.2) is 0 Å². The molecule has 1 aliphatic heterocycles. The van der Waals surface area contributed by atoms with Crippen molar-refractivity contribution in [1.29, 1.82) is 0 Å². The minimum atomic E-state index is -0.670. The van der Waals surface area contributed by atoms with E-state index in [-0.39, 0.29) is 5.92 Å². The van der Waals surface area contributed by atoms with Crippen molar-refractivity contribution in [1.82, 2.24) is 9.80 Å². The number of carboxylic acids is 1. The first-order chi connectivity index (χ1) is 8.16. The van der Waals surface area contributed by atoms with E-state index in [0.717, 1.165) is 13.1 Å². The highest BCUT2D eigenvalue weighted by Gasteiger charge is 2.31. The summed E-state index contributed by atoms with van der Waals surface area (Å²) in [5, 5.41) is 8.98. The molecule has 2 aliphatic rings. The van der Waals surface area contributed by atoms with Crippen LogP contribution in [-0.4, -0.2) is 59.6 Å². The van der Waals surface area contributed by atoms with Gasteiger partial charge in [-0.15, -0.1) is 0 Å². The summed E-state index contributed by atoms with van der Waals surface area (Å²) in [4.78, 5) is 15.8. The predicted octanol–water partition coefficient (Wildman–Crippen LogP) is 1.27. The van der Waals surface area contributed by atoms with Gasteiger partial charge in [-0.3, -0.25) is 9.69 Å². The molecule has 98 valence electrons. The van der Waals surface area contributed by atoms with Gasteiger partial charge in [0.1, 0.15) is 0 Å². The fourth-order valence-corrected chi connectivity index (χ4v) is 2.57. The Morgan fingerprint density at radius 3 is 2.59 bits per heavy atom. The summed E-state index contributed by atoms with van der Waals surface area (Å²) in [6.07, 6.45) is 5.17. The van der Waals surface area contributed by atoms with Gasteiger partial charge in [0, 0.05) is 25.7 Å². The van der Waals surface area contributed by atoms with Gasteiger partial charge < -0.3 is 10.0 Å². The van der Waals surface area contributed by atoms with Crippen LogP contribution in [0.3, 0.4) is 0 Å². The zero-order chi connectivity index (χ0) is 12.3. The molecule has 0 amide bonds. The maximum atomic E-state index is 10.9. The number of aliphatic carboxylic acids is 1. The van der Waals surface area contributed by atoms with Gasteiger partial charge in [0.25, 0.3) is 0 Å². The molecule has 1 N–H and O–H groups in total. The van der Waals surface area contributed by atoms with Gasteiger partial charge in [-0.25, -0.2) is 0 Å². The Labute approximate surface area is 104 Å². The van der Waals surface area contributed by atoms with Gasteiger partial charge in [0.05, 0.1) is 5.92 Å². The first-order valence-electron chi connectivity index (χ1n) is 6.86. The highest BCUT2D eigenvalue weighted by molar-refractivity contribution is 5.69. The van der Waals surface area contributed by atoms with Crippen molar-refractivity contribution in [3.63, 3.8) is 0 Å². The van der Waals surface area contributed by atoms with Crippen LogP contribution in [0, 0.1) is 5.92 Å². The number of carboxylic acid groups (broad SMARTS) is 1. The van der Waals surface area contributed by atoms with Gasteiger partial charge in [-0.2, -0.15) is 0 Å². The van der Waals surface area contributed by atoms with E-state index in [9.17, 15) is 4.79 Å². The van der Waals surface area contributed by atoms with E-state index in [2.05, 4.69) is 9.80 Å². The van der Waals surface area contributed by atoms with Crippen molar-refractivity contribution in [3.05, 3.63) is 0 Å². The number of nitrogens with zero attached hydrogens (tertiary/aromatic N) is 2. The van der Waals surface area contributed by atoms with Crippen molar-refractivity contribution < 1.29 is 9.90 Å². The SMILES string of the molecule is CC(CN(CCN1CCCC1)C1CC1)C(=O)O. The molecule has 0 aromatic rings. The summed E-state index contributed by atoms with van der Waals surface area (Å²) in [6, 6.07) is 0.666. The highest BCUT2D eigenvalue weighted by Crippen LogP contribution is 2.27. The van der Waals surface area contributed by atoms with E-state index in [1.165, 1.54) is 38.8 Å². The van der Waals surface area contributed by atoms with E-state index in [4.69, 9.17) is 5.11 Å². The molecule has 1 unspecified atom stereocenters. The molecule has 0 aromatic heterocycles. The summed E-state index contributed by atoms with van der Waals surface area (Å²) < 4.78 is 0. The lowest BCUT2D eigenvalue weighted by Gasteiger charge is -2.26. The Kier molecular flexibility index (Phi) is 4.40. The van der Waals surface area contributed by atoms with E-state index in [1.54, 1.807) is 0 Å². The van der Waals surface area contributed by atoms with Crippen molar-refractivity contribution >= 4 is 5.97 Å². The fourth-order valence-electron chi connectivity index (χ4n) is 2.57. The summed E-state index contributed by atoms with van der Waals surface area (Å²) >= 11 is 0. The molecule has 17 heavy (non-hydrogen) atoms. The lowest BCUT2D eigenvalue weighted by Crippen LogP contribution is -2.39. The normalized spacial score (nSPS) is 23.2. The zero-order valence-corrected chi connectivity index (χ0v) is 10.8. The quantitative estimate of drug-likeness (QED) is 0.728. The molecule has 1 atom stereocenters. The molecule has 0 bridgehead atoms. The minimum absolute atomic E-state index is 0.242.